The first-order valence-electron chi connectivity index (χ1n) is 7.48. The molecule has 1 fully saturated rings. The van der Waals surface area contributed by atoms with E-state index in [-0.39, 0.29) is 0 Å². The minimum absolute atomic E-state index is 0.400. The van der Waals surface area contributed by atoms with Gasteiger partial charge in [0.05, 0.1) is 0 Å². The van der Waals surface area contributed by atoms with Crippen LogP contribution in [0.15, 0.2) is 0 Å². The summed E-state index contributed by atoms with van der Waals surface area (Å²) >= 11 is 0. The lowest BCUT2D eigenvalue weighted by Gasteiger charge is -2.28. The summed E-state index contributed by atoms with van der Waals surface area (Å²) in [6.07, 6.45) is 6.68. The van der Waals surface area contributed by atoms with Crippen molar-refractivity contribution in [2.75, 3.05) is 36.7 Å². The highest BCUT2D eigenvalue weighted by Gasteiger charge is 2.21. The number of aromatic nitrogens is 3. The molecule has 1 heterocycles. The molecule has 1 unspecified atom stereocenters. The van der Waals surface area contributed by atoms with Crippen LogP contribution in [0.25, 0.3) is 0 Å². The maximum absolute atomic E-state index is 4.47. The fourth-order valence-corrected chi connectivity index (χ4v) is 2.70. The van der Waals surface area contributed by atoms with Crippen molar-refractivity contribution >= 4 is 17.8 Å². The Balaban J connectivity index is 2.09. The second kappa shape index (κ2) is 6.72. The molecule has 0 bridgehead atoms. The summed E-state index contributed by atoms with van der Waals surface area (Å²) in [5.41, 5.74) is 0. The van der Waals surface area contributed by atoms with Crippen molar-refractivity contribution in [1.29, 1.82) is 0 Å². The van der Waals surface area contributed by atoms with Crippen LogP contribution < -0.4 is 15.5 Å². The molecule has 0 aliphatic heterocycles. The zero-order valence-corrected chi connectivity index (χ0v) is 13.0. The van der Waals surface area contributed by atoms with Crippen molar-refractivity contribution < 1.29 is 0 Å². The van der Waals surface area contributed by atoms with Crippen molar-refractivity contribution in [3.63, 3.8) is 0 Å². The number of hydrogen-bond donors (Lipinski definition) is 2. The average Bonchev–Trinajstić information content (AvgIpc) is 2.47. The van der Waals surface area contributed by atoms with Gasteiger partial charge in [-0.1, -0.05) is 19.3 Å². The van der Waals surface area contributed by atoms with E-state index in [0.717, 1.165) is 5.92 Å². The summed E-state index contributed by atoms with van der Waals surface area (Å²) in [5.74, 6) is 2.65. The number of rotatable bonds is 5. The van der Waals surface area contributed by atoms with Crippen molar-refractivity contribution in [3.8, 4) is 0 Å². The Hall–Kier alpha value is -1.59. The van der Waals surface area contributed by atoms with Crippen LogP contribution in [-0.4, -0.2) is 42.1 Å². The molecule has 0 aromatic carbocycles. The monoisotopic (exact) mass is 278 g/mol. The molecule has 0 saturated heterocycles. The Morgan fingerprint density at radius 2 is 1.70 bits per heavy atom. The average molecular weight is 278 g/mol. The van der Waals surface area contributed by atoms with E-state index < -0.39 is 0 Å². The minimum atomic E-state index is 0.400. The Kier molecular flexibility index (Phi) is 4.98. The van der Waals surface area contributed by atoms with Gasteiger partial charge in [0, 0.05) is 27.2 Å². The van der Waals surface area contributed by atoms with Gasteiger partial charge in [-0.15, -0.1) is 0 Å². The second-order valence-corrected chi connectivity index (χ2v) is 5.76. The zero-order valence-electron chi connectivity index (χ0n) is 13.0. The Morgan fingerprint density at radius 1 is 1.05 bits per heavy atom. The molecule has 0 radical (unpaired) electrons. The van der Waals surface area contributed by atoms with Gasteiger partial charge in [0.25, 0.3) is 0 Å². The van der Waals surface area contributed by atoms with Gasteiger partial charge in [-0.2, -0.15) is 15.0 Å². The smallest absolute Gasteiger partial charge is 0.231 e. The molecule has 20 heavy (non-hydrogen) atoms. The van der Waals surface area contributed by atoms with Crippen LogP contribution in [0.3, 0.4) is 0 Å². The highest BCUT2D eigenvalue weighted by Crippen LogP contribution is 2.27. The zero-order chi connectivity index (χ0) is 14.5. The fraction of sp³-hybridized carbons (Fsp3) is 0.786. The lowest BCUT2D eigenvalue weighted by molar-refractivity contribution is 0.327. The lowest BCUT2D eigenvalue weighted by atomic mass is 9.85. The second-order valence-electron chi connectivity index (χ2n) is 5.76. The van der Waals surface area contributed by atoms with Crippen LogP contribution in [0.4, 0.5) is 17.8 Å². The molecule has 1 saturated carbocycles. The standard InChI is InChI=1S/C14H26N6/c1-10(11-8-6-5-7-9-11)16-13-17-12(15-2)18-14(19-13)20(3)4/h10-11H,5-9H2,1-4H3,(H2,15,16,17,18,19). The molecule has 1 aromatic heterocycles. The van der Waals surface area contributed by atoms with Crippen molar-refractivity contribution in [2.24, 2.45) is 5.92 Å². The van der Waals surface area contributed by atoms with Gasteiger partial charge in [-0.25, -0.2) is 0 Å². The van der Waals surface area contributed by atoms with Crippen LogP contribution in [0.2, 0.25) is 0 Å². The maximum Gasteiger partial charge on any atom is 0.231 e. The predicted molar refractivity (Wildman–Crippen MR) is 83.4 cm³/mol. The van der Waals surface area contributed by atoms with E-state index in [1.807, 2.05) is 26.0 Å². The summed E-state index contributed by atoms with van der Waals surface area (Å²) in [5, 5.41) is 6.44. The topological polar surface area (TPSA) is 66.0 Å². The SMILES string of the molecule is CNc1nc(NC(C)C2CCCCC2)nc(N(C)C)n1. The summed E-state index contributed by atoms with van der Waals surface area (Å²) < 4.78 is 0. The Morgan fingerprint density at radius 3 is 2.30 bits per heavy atom. The molecule has 112 valence electrons. The van der Waals surface area contributed by atoms with Gasteiger partial charge in [0.2, 0.25) is 17.8 Å². The maximum atomic E-state index is 4.47. The summed E-state index contributed by atoms with van der Waals surface area (Å²) in [6.45, 7) is 2.23. The van der Waals surface area contributed by atoms with E-state index in [9.17, 15) is 0 Å². The van der Waals surface area contributed by atoms with Gasteiger partial charge < -0.3 is 15.5 Å². The molecule has 6 nitrogen and oxygen atoms in total. The largest absolute Gasteiger partial charge is 0.357 e. The normalized spacial score (nSPS) is 17.6. The van der Waals surface area contributed by atoms with Crippen LogP contribution in [0, 0.1) is 5.92 Å². The van der Waals surface area contributed by atoms with Crippen molar-refractivity contribution in [1.82, 2.24) is 15.0 Å². The summed E-state index contributed by atoms with van der Waals surface area (Å²) in [6, 6.07) is 0.400. The predicted octanol–water partition coefficient (Wildman–Crippen LogP) is 2.36. The van der Waals surface area contributed by atoms with E-state index in [4.69, 9.17) is 0 Å². The summed E-state index contributed by atoms with van der Waals surface area (Å²) in [4.78, 5) is 15.1. The molecule has 2 rings (SSSR count). The van der Waals surface area contributed by atoms with Crippen molar-refractivity contribution in [2.45, 2.75) is 45.1 Å². The first-order valence-corrected chi connectivity index (χ1v) is 7.48. The highest BCUT2D eigenvalue weighted by molar-refractivity contribution is 5.43. The number of hydrogen-bond acceptors (Lipinski definition) is 6. The van der Waals surface area contributed by atoms with Crippen LogP contribution >= 0.6 is 0 Å². The van der Waals surface area contributed by atoms with E-state index in [1.54, 1.807) is 0 Å². The van der Waals surface area contributed by atoms with Gasteiger partial charge in [-0.05, 0) is 25.7 Å². The van der Waals surface area contributed by atoms with Gasteiger partial charge in [0.1, 0.15) is 0 Å². The van der Waals surface area contributed by atoms with Gasteiger partial charge >= 0.3 is 0 Å². The fourth-order valence-electron chi connectivity index (χ4n) is 2.70. The Bertz CT molecular complexity index is 428. The molecular formula is C14H26N6. The van der Waals surface area contributed by atoms with Crippen molar-refractivity contribution in [3.05, 3.63) is 0 Å². The van der Waals surface area contributed by atoms with E-state index >= 15 is 0 Å². The highest BCUT2D eigenvalue weighted by atomic mass is 15.3. The molecule has 0 amide bonds. The Labute approximate surface area is 121 Å². The third-order valence-corrected chi connectivity index (χ3v) is 3.96. The van der Waals surface area contributed by atoms with Crippen LogP contribution in [0.1, 0.15) is 39.0 Å². The lowest BCUT2D eigenvalue weighted by Crippen LogP contribution is -2.29. The molecule has 2 N–H and O–H groups in total. The molecular weight excluding hydrogens is 252 g/mol. The van der Waals surface area contributed by atoms with E-state index in [2.05, 4.69) is 32.5 Å². The molecule has 1 atom stereocenters. The number of nitrogens with zero attached hydrogens (tertiary/aromatic N) is 4. The quantitative estimate of drug-likeness (QED) is 0.862. The minimum Gasteiger partial charge on any atom is -0.357 e. The third-order valence-electron chi connectivity index (χ3n) is 3.96. The van der Waals surface area contributed by atoms with Crippen LogP contribution in [-0.2, 0) is 0 Å². The van der Waals surface area contributed by atoms with E-state index in [1.165, 1.54) is 32.1 Å². The van der Waals surface area contributed by atoms with Gasteiger partial charge in [0.15, 0.2) is 0 Å². The molecule has 1 aromatic rings. The third kappa shape index (κ3) is 3.71. The first kappa shape index (κ1) is 14.8. The molecule has 6 heteroatoms. The van der Waals surface area contributed by atoms with Gasteiger partial charge in [-0.3, -0.25) is 0 Å². The number of nitrogens with one attached hydrogen (secondary N) is 2. The van der Waals surface area contributed by atoms with E-state index in [0.29, 0.717) is 23.9 Å². The van der Waals surface area contributed by atoms with Crippen LogP contribution in [0.5, 0.6) is 0 Å². The molecule has 1 aliphatic rings. The first-order chi connectivity index (χ1) is 9.60. The molecule has 1 aliphatic carbocycles. The number of anilines is 3. The summed E-state index contributed by atoms with van der Waals surface area (Å²) in [7, 11) is 5.69. The molecule has 0 spiro atoms.